The Hall–Kier alpha value is -3.72. The molecule has 0 saturated carbocycles. The Morgan fingerprint density at radius 2 is 1.73 bits per heavy atom. The molecular formula is C21H20N4O4S. The van der Waals surface area contributed by atoms with Gasteiger partial charge in [0, 0.05) is 12.4 Å². The summed E-state index contributed by atoms with van der Waals surface area (Å²) in [6, 6.07) is 17.9. The van der Waals surface area contributed by atoms with Crippen molar-refractivity contribution in [3.8, 4) is 5.75 Å². The number of methoxy groups -OCH3 is 1. The first-order chi connectivity index (χ1) is 14.5. The fourth-order valence-electron chi connectivity index (χ4n) is 2.65. The molecule has 2 aromatic carbocycles. The number of sulfonamides is 1. The number of hydrazone groups is 1. The first-order valence-corrected chi connectivity index (χ1v) is 10.4. The van der Waals surface area contributed by atoms with E-state index >= 15 is 0 Å². The molecule has 0 aliphatic carbocycles. The Morgan fingerprint density at radius 3 is 2.43 bits per heavy atom. The number of benzene rings is 2. The van der Waals surface area contributed by atoms with E-state index in [9.17, 15) is 13.2 Å². The molecule has 0 saturated heterocycles. The molecule has 0 bridgehead atoms. The van der Waals surface area contributed by atoms with E-state index in [1.807, 2.05) is 0 Å². The van der Waals surface area contributed by atoms with Crippen LogP contribution in [-0.4, -0.2) is 39.2 Å². The number of para-hydroxylation sites is 2. The SMILES string of the molecule is COc1ccccc1N(CC(=O)N/N=C\c1ccncc1)S(=O)(=O)c1ccccc1. The summed E-state index contributed by atoms with van der Waals surface area (Å²) in [4.78, 5) is 16.5. The highest BCUT2D eigenvalue weighted by molar-refractivity contribution is 7.92. The lowest BCUT2D eigenvalue weighted by Crippen LogP contribution is -2.39. The van der Waals surface area contributed by atoms with Gasteiger partial charge in [-0.1, -0.05) is 30.3 Å². The number of amides is 1. The molecule has 8 nitrogen and oxygen atoms in total. The third kappa shape index (κ3) is 5.00. The van der Waals surface area contributed by atoms with E-state index in [0.29, 0.717) is 5.75 Å². The van der Waals surface area contributed by atoms with Crippen LogP contribution in [0, 0.1) is 0 Å². The summed E-state index contributed by atoms with van der Waals surface area (Å²) in [6.45, 7) is -0.481. The van der Waals surface area contributed by atoms with Crippen molar-refractivity contribution in [3.05, 3.63) is 84.7 Å². The Morgan fingerprint density at radius 1 is 1.07 bits per heavy atom. The predicted octanol–water partition coefficient (Wildman–Crippen LogP) is 2.44. The molecule has 0 atom stereocenters. The maximum absolute atomic E-state index is 13.3. The van der Waals surface area contributed by atoms with E-state index in [-0.39, 0.29) is 10.6 Å². The normalized spacial score (nSPS) is 11.2. The van der Waals surface area contributed by atoms with Crippen LogP contribution in [0.4, 0.5) is 5.69 Å². The molecule has 30 heavy (non-hydrogen) atoms. The van der Waals surface area contributed by atoms with Crippen LogP contribution in [0.3, 0.4) is 0 Å². The topological polar surface area (TPSA) is 101 Å². The summed E-state index contributed by atoms with van der Waals surface area (Å²) in [7, 11) is -2.59. The third-order valence-electron chi connectivity index (χ3n) is 4.08. The second-order valence-electron chi connectivity index (χ2n) is 6.07. The smallest absolute Gasteiger partial charge is 0.264 e. The number of rotatable bonds is 8. The van der Waals surface area contributed by atoms with Gasteiger partial charge < -0.3 is 4.74 Å². The summed E-state index contributed by atoms with van der Waals surface area (Å²) in [6.07, 6.45) is 4.64. The number of carbonyl (C=O) groups excluding carboxylic acids is 1. The lowest BCUT2D eigenvalue weighted by molar-refractivity contribution is -0.119. The molecule has 0 aliphatic heterocycles. The minimum Gasteiger partial charge on any atom is -0.495 e. The molecule has 0 aliphatic rings. The van der Waals surface area contributed by atoms with Gasteiger partial charge in [-0.15, -0.1) is 0 Å². The average Bonchev–Trinajstić information content (AvgIpc) is 2.78. The van der Waals surface area contributed by atoms with E-state index in [1.165, 1.54) is 25.5 Å². The summed E-state index contributed by atoms with van der Waals surface area (Å²) in [5.74, 6) is -0.282. The number of anilines is 1. The number of carbonyl (C=O) groups is 1. The molecule has 1 aromatic heterocycles. The molecule has 0 radical (unpaired) electrons. The molecule has 0 spiro atoms. The van der Waals surface area contributed by atoms with Crippen molar-refractivity contribution in [2.24, 2.45) is 5.10 Å². The number of hydrogen-bond acceptors (Lipinski definition) is 6. The van der Waals surface area contributed by atoms with E-state index in [1.54, 1.807) is 67.0 Å². The monoisotopic (exact) mass is 424 g/mol. The molecule has 0 unspecified atom stereocenters. The molecule has 1 amide bonds. The van der Waals surface area contributed by atoms with Gasteiger partial charge in [0.05, 0.1) is 23.9 Å². The zero-order valence-electron chi connectivity index (χ0n) is 16.2. The average molecular weight is 424 g/mol. The van der Waals surface area contributed by atoms with Crippen molar-refractivity contribution >= 4 is 27.8 Å². The summed E-state index contributed by atoms with van der Waals surface area (Å²) in [5, 5.41) is 3.88. The molecular weight excluding hydrogens is 404 g/mol. The Kier molecular flexibility index (Phi) is 6.76. The highest BCUT2D eigenvalue weighted by Crippen LogP contribution is 2.31. The Balaban J connectivity index is 1.88. The van der Waals surface area contributed by atoms with Crippen LogP contribution in [0.5, 0.6) is 5.75 Å². The predicted molar refractivity (Wildman–Crippen MR) is 114 cm³/mol. The van der Waals surface area contributed by atoms with Gasteiger partial charge in [-0.25, -0.2) is 13.8 Å². The van der Waals surface area contributed by atoms with E-state index in [0.717, 1.165) is 9.87 Å². The first-order valence-electron chi connectivity index (χ1n) is 8.95. The minimum atomic E-state index is -4.03. The lowest BCUT2D eigenvalue weighted by Gasteiger charge is -2.25. The van der Waals surface area contributed by atoms with Gasteiger partial charge in [0.1, 0.15) is 12.3 Å². The zero-order chi connectivity index (χ0) is 21.4. The Labute approximate surface area is 174 Å². The van der Waals surface area contributed by atoms with Crippen LogP contribution >= 0.6 is 0 Å². The number of ether oxygens (including phenoxy) is 1. The standard InChI is InChI=1S/C21H20N4O4S/c1-29-20-10-6-5-9-19(20)25(30(27,28)18-7-3-2-4-8-18)16-21(26)24-23-15-17-11-13-22-14-12-17/h2-15H,16H2,1H3,(H,24,26)/b23-15-. The van der Waals surface area contributed by atoms with Crippen molar-refractivity contribution in [1.29, 1.82) is 0 Å². The van der Waals surface area contributed by atoms with Crippen LogP contribution in [0.25, 0.3) is 0 Å². The fourth-order valence-corrected chi connectivity index (χ4v) is 4.10. The summed E-state index contributed by atoms with van der Waals surface area (Å²) in [5.41, 5.74) is 3.34. The lowest BCUT2D eigenvalue weighted by atomic mass is 10.3. The van der Waals surface area contributed by atoms with Gasteiger partial charge in [0.15, 0.2) is 0 Å². The number of pyridine rings is 1. The second kappa shape index (κ2) is 9.66. The number of nitrogens with one attached hydrogen (secondary N) is 1. The zero-order valence-corrected chi connectivity index (χ0v) is 17.0. The molecule has 1 heterocycles. The highest BCUT2D eigenvalue weighted by atomic mass is 32.2. The first kappa shape index (κ1) is 21.0. The largest absolute Gasteiger partial charge is 0.495 e. The van der Waals surface area contributed by atoms with Crippen LogP contribution < -0.4 is 14.5 Å². The quantitative estimate of drug-likeness (QED) is 0.442. The molecule has 1 N–H and O–H groups in total. The van der Waals surface area contributed by atoms with Crippen molar-refractivity contribution in [2.45, 2.75) is 4.90 Å². The third-order valence-corrected chi connectivity index (χ3v) is 5.86. The fraction of sp³-hybridized carbons (Fsp3) is 0.0952. The highest BCUT2D eigenvalue weighted by Gasteiger charge is 2.29. The minimum absolute atomic E-state index is 0.0593. The van der Waals surface area contributed by atoms with Crippen molar-refractivity contribution in [3.63, 3.8) is 0 Å². The summed E-state index contributed by atoms with van der Waals surface area (Å²) >= 11 is 0. The van der Waals surface area contributed by atoms with E-state index in [4.69, 9.17) is 4.74 Å². The van der Waals surface area contributed by atoms with Crippen molar-refractivity contribution in [1.82, 2.24) is 10.4 Å². The number of aromatic nitrogens is 1. The number of hydrogen-bond donors (Lipinski definition) is 1. The van der Waals surface area contributed by atoms with Gasteiger partial charge in [-0.05, 0) is 42.0 Å². The molecule has 9 heteroatoms. The van der Waals surface area contributed by atoms with Gasteiger partial charge >= 0.3 is 0 Å². The van der Waals surface area contributed by atoms with Gasteiger partial charge in [-0.2, -0.15) is 5.10 Å². The molecule has 0 fully saturated rings. The molecule has 3 rings (SSSR count). The van der Waals surface area contributed by atoms with Crippen LogP contribution in [0.2, 0.25) is 0 Å². The molecule has 154 valence electrons. The van der Waals surface area contributed by atoms with Crippen LogP contribution in [-0.2, 0) is 14.8 Å². The van der Waals surface area contributed by atoms with Crippen molar-refractivity contribution < 1.29 is 17.9 Å². The van der Waals surface area contributed by atoms with Crippen molar-refractivity contribution in [2.75, 3.05) is 18.0 Å². The maximum atomic E-state index is 13.3. The number of nitrogens with zero attached hydrogens (tertiary/aromatic N) is 3. The maximum Gasteiger partial charge on any atom is 0.264 e. The Bertz CT molecular complexity index is 1120. The second-order valence-corrected chi connectivity index (χ2v) is 7.93. The van der Waals surface area contributed by atoms with Crippen LogP contribution in [0.15, 0.2) is 89.1 Å². The van der Waals surface area contributed by atoms with Gasteiger partial charge in [-0.3, -0.25) is 14.1 Å². The molecule has 3 aromatic rings. The van der Waals surface area contributed by atoms with Crippen LogP contribution in [0.1, 0.15) is 5.56 Å². The van der Waals surface area contributed by atoms with E-state index < -0.39 is 22.5 Å². The summed E-state index contributed by atoms with van der Waals surface area (Å²) < 4.78 is 32.9. The van der Waals surface area contributed by atoms with Gasteiger partial charge in [0.25, 0.3) is 15.9 Å². The van der Waals surface area contributed by atoms with Gasteiger partial charge in [0.2, 0.25) is 0 Å². The van der Waals surface area contributed by atoms with E-state index in [2.05, 4.69) is 15.5 Å².